The van der Waals surface area contributed by atoms with E-state index in [0.29, 0.717) is 11.5 Å². The summed E-state index contributed by atoms with van der Waals surface area (Å²) in [7, 11) is -2.62. The molecule has 0 saturated heterocycles. The van der Waals surface area contributed by atoms with Crippen LogP contribution in [-0.4, -0.2) is 26.6 Å². The maximum absolute atomic E-state index is 12.4. The molecular formula is C20H17O7P. The van der Waals surface area contributed by atoms with Gasteiger partial charge in [0.05, 0.1) is 11.1 Å². The smallest absolute Gasteiger partial charge is 0.344 e. The molecule has 3 rings (SSSR count). The third-order valence-corrected chi connectivity index (χ3v) is 3.27. The summed E-state index contributed by atoms with van der Waals surface area (Å²) in [6.07, 6.45) is 0. The minimum atomic E-state index is -2.62. The number of hydrogen-bond donors (Lipinski definition) is 3. The predicted octanol–water partition coefficient (Wildman–Crippen LogP) is 3.32. The number of carbonyl (C=O) groups is 2. The van der Waals surface area contributed by atoms with Gasteiger partial charge >= 0.3 is 20.5 Å². The number of benzene rings is 3. The molecule has 0 aliphatic carbocycles. The highest BCUT2D eigenvalue weighted by atomic mass is 31.2. The van der Waals surface area contributed by atoms with E-state index in [-0.39, 0.29) is 11.1 Å². The standard InChI is InChI=1S/C20H14O4.H3O3P/c21-19(23-15-9-3-1-4-10-15)17-13-7-8-14-18(17)20(22)24-16-11-5-2-6-12-16;1-4(2)3/h1-14H;1-3H. The Kier molecular flexibility index (Phi) is 8.27. The highest BCUT2D eigenvalue weighted by Crippen LogP contribution is 2.17. The van der Waals surface area contributed by atoms with E-state index in [4.69, 9.17) is 24.2 Å². The summed E-state index contributed by atoms with van der Waals surface area (Å²) in [5, 5.41) is 0. The molecule has 3 aromatic rings. The molecule has 0 spiro atoms. The Bertz CT molecular complexity index is 823. The average Bonchev–Trinajstić information content (AvgIpc) is 2.69. The van der Waals surface area contributed by atoms with Crippen LogP contribution in [0.3, 0.4) is 0 Å². The van der Waals surface area contributed by atoms with Crippen LogP contribution in [0, 0.1) is 0 Å². The van der Waals surface area contributed by atoms with Crippen molar-refractivity contribution in [2.75, 3.05) is 0 Å². The van der Waals surface area contributed by atoms with Crippen LogP contribution in [-0.2, 0) is 0 Å². The molecule has 7 nitrogen and oxygen atoms in total. The van der Waals surface area contributed by atoms with Crippen LogP contribution in [0.5, 0.6) is 11.5 Å². The zero-order valence-electron chi connectivity index (χ0n) is 14.5. The van der Waals surface area contributed by atoms with E-state index >= 15 is 0 Å². The fraction of sp³-hybridized carbons (Fsp3) is 0. The van der Waals surface area contributed by atoms with Crippen LogP contribution in [0.2, 0.25) is 0 Å². The summed E-state index contributed by atoms with van der Waals surface area (Å²) < 4.78 is 10.6. The van der Waals surface area contributed by atoms with Crippen LogP contribution >= 0.6 is 8.60 Å². The topological polar surface area (TPSA) is 113 Å². The first kappa shape index (κ1) is 21.2. The van der Waals surface area contributed by atoms with Crippen molar-refractivity contribution in [1.29, 1.82) is 0 Å². The molecule has 3 N–H and O–H groups in total. The molecule has 3 aromatic carbocycles. The highest BCUT2D eigenvalue weighted by Gasteiger charge is 2.20. The number of esters is 2. The van der Waals surface area contributed by atoms with Gasteiger partial charge in [0.15, 0.2) is 0 Å². The fourth-order valence-corrected chi connectivity index (χ4v) is 2.14. The third-order valence-electron chi connectivity index (χ3n) is 3.27. The first-order valence-corrected chi connectivity index (χ1v) is 9.17. The van der Waals surface area contributed by atoms with Gasteiger partial charge in [-0.2, -0.15) is 0 Å². The SMILES string of the molecule is O=C(Oc1ccccc1)c1ccccc1C(=O)Oc1ccccc1.OP(O)O. The second-order valence-corrected chi connectivity index (χ2v) is 5.76. The summed E-state index contributed by atoms with van der Waals surface area (Å²) in [4.78, 5) is 46.4. The lowest BCUT2D eigenvalue weighted by Gasteiger charge is -2.09. The van der Waals surface area contributed by atoms with Gasteiger partial charge in [-0.1, -0.05) is 48.5 Å². The highest BCUT2D eigenvalue weighted by molar-refractivity contribution is 7.38. The first-order chi connectivity index (χ1) is 13.5. The average molecular weight is 400 g/mol. The number of carbonyl (C=O) groups excluding carboxylic acids is 2. The van der Waals surface area contributed by atoms with E-state index in [1.807, 2.05) is 12.1 Å². The molecule has 0 aliphatic heterocycles. The van der Waals surface area contributed by atoms with E-state index in [1.54, 1.807) is 60.7 Å². The zero-order chi connectivity index (χ0) is 20.4. The summed E-state index contributed by atoms with van der Waals surface area (Å²) in [6.45, 7) is 0. The van der Waals surface area contributed by atoms with Gasteiger partial charge in [0.1, 0.15) is 11.5 Å². The molecule has 0 aliphatic rings. The Morgan fingerprint density at radius 2 is 0.857 bits per heavy atom. The molecule has 144 valence electrons. The van der Waals surface area contributed by atoms with Gasteiger partial charge in [0.2, 0.25) is 0 Å². The van der Waals surface area contributed by atoms with Crippen molar-refractivity contribution in [3.8, 4) is 11.5 Å². The van der Waals surface area contributed by atoms with Gasteiger partial charge in [-0.05, 0) is 36.4 Å². The molecule has 0 aromatic heterocycles. The van der Waals surface area contributed by atoms with Crippen LogP contribution in [0.1, 0.15) is 20.7 Å². The molecule has 0 bridgehead atoms. The molecule has 0 fully saturated rings. The molecule has 0 atom stereocenters. The Morgan fingerprint density at radius 3 is 1.18 bits per heavy atom. The molecular weight excluding hydrogens is 383 g/mol. The third kappa shape index (κ3) is 6.90. The molecule has 0 saturated carbocycles. The van der Waals surface area contributed by atoms with E-state index in [2.05, 4.69) is 0 Å². The minimum absolute atomic E-state index is 0.155. The zero-order valence-corrected chi connectivity index (χ0v) is 15.4. The minimum Gasteiger partial charge on any atom is -0.423 e. The molecule has 0 heterocycles. The lowest BCUT2D eigenvalue weighted by molar-refractivity contribution is 0.0692. The van der Waals surface area contributed by atoms with E-state index < -0.39 is 20.5 Å². The van der Waals surface area contributed by atoms with Crippen LogP contribution in [0.15, 0.2) is 84.9 Å². The summed E-state index contributed by atoms with van der Waals surface area (Å²) in [5.74, 6) is -0.397. The first-order valence-electron chi connectivity index (χ1n) is 7.97. The lowest BCUT2D eigenvalue weighted by Crippen LogP contribution is -2.17. The largest absolute Gasteiger partial charge is 0.423 e. The van der Waals surface area contributed by atoms with Crippen molar-refractivity contribution in [1.82, 2.24) is 0 Å². The summed E-state index contributed by atoms with van der Waals surface area (Å²) in [5.41, 5.74) is 0.310. The Balaban J connectivity index is 0.000000640. The quantitative estimate of drug-likeness (QED) is 0.350. The van der Waals surface area contributed by atoms with E-state index in [1.165, 1.54) is 12.1 Å². The Morgan fingerprint density at radius 1 is 0.571 bits per heavy atom. The molecule has 0 radical (unpaired) electrons. The summed E-state index contributed by atoms with van der Waals surface area (Å²) in [6, 6.07) is 23.8. The molecule has 28 heavy (non-hydrogen) atoms. The molecule has 0 unspecified atom stereocenters. The number of para-hydroxylation sites is 2. The van der Waals surface area contributed by atoms with Gasteiger partial charge in [-0.15, -0.1) is 0 Å². The summed E-state index contributed by atoms with van der Waals surface area (Å²) >= 11 is 0. The monoisotopic (exact) mass is 400 g/mol. The van der Waals surface area contributed by atoms with Gasteiger partial charge in [-0.25, -0.2) is 9.59 Å². The van der Waals surface area contributed by atoms with Crippen molar-refractivity contribution in [2.45, 2.75) is 0 Å². The number of hydrogen-bond acceptors (Lipinski definition) is 7. The maximum Gasteiger partial charge on any atom is 0.344 e. The molecule has 0 amide bonds. The van der Waals surface area contributed by atoms with Crippen molar-refractivity contribution in [3.63, 3.8) is 0 Å². The van der Waals surface area contributed by atoms with Crippen LogP contribution in [0.4, 0.5) is 0 Å². The van der Waals surface area contributed by atoms with Crippen molar-refractivity contribution >= 4 is 20.5 Å². The maximum atomic E-state index is 12.4. The van der Waals surface area contributed by atoms with Crippen LogP contribution < -0.4 is 9.47 Å². The van der Waals surface area contributed by atoms with Gasteiger partial charge in [0, 0.05) is 0 Å². The molecule has 8 heteroatoms. The van der Waals surface area contributed by atoms with Crippen molar-refractivity contribution < 1.29 is 33.7 Å². The number of rotatable bonds is 4. The fourth-order valence-electron chi connectivity index (χ4n) is 2.14. The van der Waals surface area contributed by atoms with Crippen molar-refractivity contribution in [2.24, 2.45) is 0 Å². The Hall–Kier alpha value is -3.09. The Labute approximate surface area is 162 Å². The second-order valence-electron chi connectivity index (χ2n) is 5.22. The van der Waals surface area contributed by atoms with Gasteiger partial charge in [0.25, 0.3) is 0 Å². The van der Waals surface area contributed by atoms with E-state index in [9.17, 15) is 9.59 Å². The van der Waals surface area contributed by atoms with Crippen LogP contribution in [0.25, 0.3) is 0 Å². The predicted molar refractivity (Wildman–Crippen MR) is 103 cm³/mol. The van der Waals surface area contributed by atoms with Crippen molar-refractivity contribution in [3.05, 3.63) is 96.1 Å². The second kappa shape index (κ2) is 10.9. The number of ether oxygens (including phenoxy) is 2. The van der Waals surface area contributed by atoms with Gasteiger partial charge in [-0.3, -0.25) is 0 Å². The lowest BCUT2D eigenvalue weighted by atomic mass is 10.1. The normalized spacial score (nSPS) is 9.86. The van der Waals surface area contributed by atoms with Gasteiger partial charge < -0.3 is 24.2 Å². The van der Waals surface area contributed by atoms with E-state index in [0.717, 1.165) is 0 Å².